The molecule has 2 aromatic rings. The van der Waals surface area contributed by atoms with Gasteiger partial charge in [-0.05, 0) is 24.5 Å². The average Bonchev–Trinajstić information content (AvgIpc) is 2.95. The Hall–Kier alpha value is -1.60. The lowest BCUT2D eigenvalue weighted by atomic mass is 10.0. The summed E-state index contributed by atoms with van der Waals surface area (Å²) in [6.45, 7) is 4.06. The molecule has 0 saturated carbocycles. The minimum Gasteiger partial charge on any atom is -0.357 e. The molecule has 0 bridgehead atoms. The van der Waals surface area contributed by atoms with Crippen molar-refractivity contribution in [2.75, 3.05) is 12.8 Å². The first-order valence-electron chi connectivity index (χ1n) is 7.92. The van der Waals surface area contributed by atoms with Crippen LogP contribution in [0.15, 0.2) is 24.3 Å². The van der Waals surface area contributed by atoms with Crippen molar-refractivity contribution in [1.29, 1.82) is 0 Å². The maximum atomic E-state index is 12.1. The minimum atomic E-state index is -0.467. The molecular weight excluding hydrogens is 342 g/mol. The molecule has 1 aromatic heterocycles. The highest BCUT2D eigenvalue weighted by Crippen LogP contribution is 2.24. The molecule has 0 aliphatic carbocycles. The monoisotopic (exact) mass is 365 g/mol. The summed E-state index contributed by atoms with van der Waals surface area (Å²) in [5, 5.41) is 6.44. The normalized spacial score (nSPS) is 12.3. The van der Waals surface area contributed by atoms with E-state index in [2.05, 4.69) is 15.6 Å². The van der Waals surface area contributed by atoms with Crippen LogP contribution in [-0.2, 0) is 15.3 Å². The largest absolute Gasteiger partial charge is 0.357 e. The maximum absolute atomic E-state index is 12.1. The second-order valence-corrected chi connectivity index (χ2v) is 8.03. The van der Waals surface area contributed by atoms with Gasteiger partial charge in [-0.2, -0.15) is 0 Å². The van der Waals surface area contributed by atoms with Gasteiger partial charge in [0.1, 0.15) is 11.0 Å². The third kappa shape index (κ3) is 5.49. The molecule has 130 valence electrons. The van der Waals surface area contributed by atoms with Crippen LogP contribution in [0.5, 0.6) is 0 Å². The summed E-state index contributed by atoms with van der Waals surface area (Å²) in [6.07, 6.45) is 0.633. The van der Waals surface area contributed by atoms with Gasteiger partial charge in [-0.15, -0.1) is 23.1 Å². The third-order valence-electron chi connectivity index (χ3n) is 3.40. The average molecular weight is 366 g/mol. The van der Waals surface area contributed by atoms with Crippen LogP contribution in [0.25, 0.3) is 10.2 Å². The lowest BCUT2D eigenvalue weighted by Crippen LogP contribution is -2.47. The van der Waals surface area contributed by atoms with E-state index in [1.807, 2.05) is 38.1 Å². The highest BCUT2D eigenvalue weighted by molar-refractivity contribution is 7.99. The number of fused-ring (bicyclic) bond motifs is 1. The topological polar surface area (TPSA) is 71.1 Å². The highest BCUT2D eigenvalue weighted by Gasteiger charge is 2.20. The van der Waals surface area contributed by atoms with E-state index in [0.29, 0.717) is 23.8 Å². The van der Waals surface area contributed by atoms with Gasteiger partial charge in [0, 0.05) is 12.8 Å². The molecule has 24 heavy (non-hydrogen) atoms. The molecule has 0 spiro atoms. The Balaban J connectivity index is 1.82. The van der Waals surface area contributed by atoms with Crippen molar-refractivity contribution in [2.45, 2.75) is 32.1 Å². The summed E-state index contributed by atoms with van der Waals surface area (Å²) in [5.41, 5.74) is 0.999. The number of likely N-dealkylation sites (N-methyl/N-ethyl adjacent to an activating group) is 1. The van der Waals surface area contributed by atoms with Crippen LogP contribution in [0.3, 0.4) is 0 Å². The number of hydrogen-bond acceptors (Lipinski definition) is 5. The summed E-state index contributed by atoms with van der Waals surface area (Å²) in [5.74, 6) is 1.09. The van der Waals surface area contributed by atoms with Gasteiger partial charge < -0.3 is 10.6 Å². The molecule has 2 amide bonds. The molecule has 0 radical (unpaired) electrons. The number of nitrogens with zero attached hydrogens (tertiary/aromatic N) is 1. The Labute approximate surface area is 150 Å². The van der Waals surface area contributed by atoms with Crippen LogP contribution in [0.2, 0.25) is 0 Å². The number of hydrogen-bond donors (Lipinski definition) is 2. The van der Waals surface area contributed by atoms with Crippen molar-refractivity contribution >= 4 is 45.1 Å². The Morgan fingerprint density at radius 2 is 2.04 bits per heavy atom. The van der Waals surface area contributed by atoms with Crippen LogP contribution < -0.4 is 10.6 Å². The number of nitrogens with one attached hydrogen (secondary N) is 2. The van der Waals surface area contributed by atoms with Crippen molar-refractivity contribution in [3.63, 3.8) is 0 Å². The van der Waals surface area contributed by atoms with Gasteiger partial charge >= 0.3 is 0 Å². The standard InChI is InChI=1S/C17H23N3O2S2/c1-11(2)8-13(17(22)18-3)19-15(21)9-23-10-16-20-12-6-4-5-7-14(12)24-16/h4-7,11,13H,8-10H2,1-3H3,(H,18,22)(H,19,21). The zero-order valence-corrected chi connectivity index (χ0v) is 15.8. The number of amides is 2. The molecule has 0 aliphatic heterocycles. The molecule has 1 aromatic carbocycles. The predicted molar refractivity (Wildman–Crippen MR) is 101 cm³/mol. The van der Waals surface area contributed by atoms with Gasteiger partial charge in [0.2, 0.25) is 11.8 Å². The van der Waals surface area contributed by atoms with E-state index in [1.165, 1.54) is 11.8 Å². The molecule has 5 nitrogen and oxygen atoms in total. The number of thiazole rings is 1. The maximum Gasteiger partial charge on any atom is 0.242 e. The Morgan fingerprint density at radius 3 is 2.71 bits per heavy atom. The predicted octanol–water partition coefficient (Wildman–Crippen LogP) is 2.81. The number of carbonyl (C=O) groups excluding carboxylic acids is 2. The van der Waals surface area contributed by atoms with Gasteiger partial charge in [-0.3, -0.25) is 9.59 Å². The SMILES string of the molecule is CNC(=O)C(CC(C)C)NC(=O)CSCc1nc2ccccc2s1. The summed E-state index contributed by atoms with van der Waals surface area (Å²) >= 11 is 3.17. The summed E-state index contributed by atoms with van der Waals surface area (Å²) in [4.78, 5) is 28.5. The van der Waals surface area contributed by atoms with Crippen LogP contribution in [0.1, 0.15) is 25.3 Å². The van der Waals surface area contributed by atoms with E-state index in [1.54, 1.807) is 18.4 Å². The molecule has 1 unspecified atom stereocenters. The summed E-state index contributed by atoms with van der Waals surface area (Å²) in [7, 11) is 1.59. The van der Waals surface area contributed by atoms with E-state index in [9.17, 15) is 9.59 Å². The molecule has 2 N–H and O–H groups in total. The lowest BCUT2D eigenvalue weighted by Gasteiger charge is -2.18. The number of rotatable bonds is 8. The van der Waals surface area contributed by atoms with Gasteiger partial charge in [0.15, 0.2) is 0 Å². The second kappa shape index (κ2) is 9.03. The number of benzene rings is 1. The highest BCUT2D eigenvalue weighted by atomic mass is 32.2. The fourth-order valence-corrected chi connectivity index (χ4v) is 4.18. The van der Waals surface area contributed by atoms with Crippen LogP contribution in [0.4, 0.5) is 0 Å². The molecule has 1 heterocycles. The van der Waals surface area contributed by atoms with Crippen molar-refractivity contribution in [1.82, 2.24) is 15.6 Å². The van der Waals surface area contributed by atoms with E-state index in [0.717, 1.165) is 15.2 Å². The Morgan fingerprint density at radius 1 is 1.29 bits per heavy atom. The fraction of sp³-hybridized carbons (Fsp3) is 0.471. The number of aromatic nitrogens is 1. The van der Waals surface area contributed by atoms with Crippen LogP contribution in [-0.4, -0.2) is 35.6 Å². The van der Waals surface area contributed by atoms with E-state index in [-0.39, 0.29) is 11.8 Å². The number of thioether (sulfide) groups is 1. The zero-order valence-electron chi connectivity index (χ0n) is 14.2. The molecule has 1 atom stereocenters. The Kier molecular flexibility index (Phi) is 7.05. The fourth-order valence-electron chi connectivity index (χ4n) is 2.33. The van der Waals surface area contributed by atoms with Crippen molar-refractivity contribution in [3.05, 3.63) is 29.3 Å². The number of para-hydroxylation sites is 1. The van der Waals surface area contributed by atoms with E-state index < -0.39 is 6.04 Å². The Bertz CT molecular complexity index is 667. The first kappa shape index (κ1) is 18.7. The molecule has 7 heteroatoms. The van der Waals surface area contributed by atoms with E-state index in [4.69, 9.17) is 0 Å². The van der Waals surface area contributed by atoms with Gasteiger partial charge in [-0.1, -0.05) is 26.0 Å². The molecular formula is C17H23N3O2S2. The second-order valence-electron chi connectivity index (χ2n) is 5.93. The van der Waals surface area contributed by atoms with Gasteiger partial charge in [0.05, 0.1) is 16.0 Å². The number of carbonyl (C=O) groups is 2. The van der Waals surface area contributed by atoms with Crippen molar-refractivity contribution < 1.29 is 9.59 Å². The van der Waals surface area contributed by atoms with Crippen molar-refractivity contribution in [2.24, 2.45) is 5.92 Å². The molecule has 0 aliphatic rings. The molecule has 2 rings (SSSR count). The lowest BCUT2D eigenvalue weighted by molar-refractivity contribution is -0.127. The smallest absolute Gasteiger partial charge is 0.242 e. The zero-order chi connectivity index (χ0) is 17.5. The quantitative estimate of drug-likeness (QED) is 0.755. The summed E-state index contributed by atoms with van der Waals surface area (Å²) in [6, 6.07) is 7.55. The van der Waals surface area contributed by atoms with Gasteiger partial charge in [-0.25, -0.2) is 4.98 Å². The molecule has 0 fully saturated rings. The first-order valence-corrected chi connectivity index (χ1v) is 9.90. The van der Waals surface area contributed by atoms with Crippen molar-refractivity contribution in [3.8, 4) is 0 Å². The summed E-state index contributed by atoms with van der Waals surface area (Å²) < 4.78 is 1.16. The minimum absolute atomic E-state index is 0.115. The molecule has 0 saturated heterocycles. The van der Waals surface area contributed by atoms with E-state index >= 15 is 0 Å². The van der Waals surface area contributed by atoms with Crippen LogP contribution in [0, 0.1) is 5.92 Å². The third-order valence-corrected chi connectivity index (χ3v) is 5.57. The van der Waals surface area contributed by atoms with Crippen LogP contribution >= 0.6 is 23.1 Å². The first-order chi connectivity index (χ1) is 11.5. The van der Waals surface area contributed by atoms with Gasteiger partial charge in [0.25, 0.3) is 0 Å².